The molecule has 1 atom stereocenters. The number of benzene rings is 1. The van der Waals surface area contributed by atoms with Crippen LogP contribution in [0, 0.1) is 0 Å². The van der Waals surface area contributed by atoms with Gasteiger partial charge in [-0.05, 0) is 38.3 Å². The van der Waals surface area contributed by atoms with Crippen molar-refractivity contribution in [1.82, 2.24) is 0 Å². The van der Waals surface area contributed by atoms with Gasteiger partial charge in [0, 0.05) is 29.6 Å². The fourth-order valence-electron chi connectivity index (χ4n) is 1.41. The van der Waals surface area contributed by atoms with Crippen LogP contribution in [0.2, 0.25) is 0 Å². The van der Waals surface area contributed by atoms with Gasteiger partial charge in [-0.15, -0.1) is 0 Å². The summed E-state index contributed by atoms with van der Waals surface area (Å²) in [6.45, 7) is 5.84. The van der Waals surface area contributed by atoms with Crippen LogP contribution in [-0.4, -0.2) is 40.6 Å². The summed E-state index contributed by atoms with van der Waals surface area (Å²) in [5.41, 5.74) is 3.36. The van der Waals surface area contributed by atoms with Crippen molar-refractivity contribution in [2.24, 2.45) is 0 Å². The maximum absolute atomic E-state index is 10.8. The molecule has 0 aliphatic rings. The molecule has 0 aromatic heterocycles. The molecule has 17 heavy (non-hydrogen) atoms. The Kier molecular flexibility index (Phi) is 7.44. The van der Waals surface area contributed by atoms with Crippen LogP contribution in [0.15, 0.2) is 35.9 Å². The third-order valence-electron chi connectivity index (χ3n) is 2.60. The van der Waals surface area contributed by atoms with E-state index in [4.69, 9.17) is 5.11 Å². The van der Waals surface area contributed by atoms with Crippen LogP contribution < -0.4 is 0 Å². The number of carboxylic acid groups (broad SMARTS) is 1. The maximum atomic E-state index is 10.8. The monoisotopic (exact) mass is 241 g/mol. The summed E-state index contributed by atoms with van der Waals surface area (Å²) < 4.78 is 0. The van der Waals surface area contributed by atoms with E-state index in [2.05, 4.69) is 19.9 Å². The molecule has 0 fully saturated rings. The van der Waals surface area contributed by atoms with Crippen molar-refractivity contribution in [2.75, 3.05) is 0 Å². The SMILES string of the molecule is CC(C)=CCc1ccc(C(C)C(=O)O)cc1.[Na]. The Labute approximate surface area is 125 Å². The van der Waals surface area contributed by atoms with Crippen LogP contribution in [-0.2, 0) is 11.2 Å². The maximum Gasteiger partial charge on any atom is 0.310 e. The van der Waals surface area contributed by atoms with Gasteiger partial charge in [0.05, 0.1) is 5.92 Å². The normalized spacial score (nSPS) is 11.2. The predicted molar refractivity (Wildman–Crippen MR) is 71.4 cm³/mol. The zero-order valence-electron chi connectivity index (χ0n) is 11.0. The summed E-state index contributed by atoms with van der Waals surface area (Å²) >= 11 is 0. The Morgan fingerprint density at radius 2 is 1.82 bits per heavy atom. The molecule has 0 aliphatic carbocycles. The minimum atomic E-state index is -0.781. The number of carboxylic acids is 1. The van der Waals surface area contributed by atoms with E-state index in [0.717, 1.165) is 12.0 Å². The second kappa shape index (κ2) is 7.70. The van der Waals surface area contributed by atoms with Gasteiger partial charge in [0.15, 0.2) is 0 Å². The molecular weight excluding hydrogens is 223 g/mol. The zero-order valence-corrected chi connectivity index (χ0v) is 13.0. The molecule has 0 saturated carbocycles. The van der Waals surface area contributed by atoms with E-state index in [1.807, 2.05) is 24.3 Å². The molecule has 3 heteroatoms. The third-order valence-corrected chi connectivity index (χ3v) is 2.60. The number of carbonyl (C=O) groups is 1. The van der Waals surface area contributed by atoms with E-state index in [9.17, 15) is 4.79 Å². The Morgan fingerprint density at radius 1 is 1.29 bits per heavy atom. The van der Waals surface area contributed by atoms with Gasteiger partial charge >= 0.3 is 5.97 Å². The fraction of sp³-hybridized carbons (Fsp3) is 0.357. The average Bonchev–Trinajstić information content (AvgIpc) is 2.26. The summed E-state index contributed by atoms with van der Waals surface area (Å²) in [5, 5.41) is 8.87. The molecule has 1 radical (unpaired) electrons. The number of allylic oxidation sites excluding steroid dienone is 2. The van der Waals surface area contributed by atoms with Gasteiger partial charge in [0.2, 0.25) is 0 Å². The van der Waals surface area contributed by atoms with E-state index in [0.29, 0.717) is 0 Å². The minimum absolute atomic E-state index is 0. The van der Waals surface area contributed by atoms with E-state index >= 15 is 0 Å². The fourth-order valence-corrected chi connectivity index (χ4v) is 1.41. The zero-order chi connectivity index (χ0) is 12.1. The molecule has 0 saturated heterocycles. The molecule has 1 aromatic carbocycles. The smallest absolute Gasteiger partial charge is 0.310 e. The summed E-state index contributed by atoms with van der Waals surface area (Å²) in [6, 6.07) is 7.78. The Balaban J connectivity index is 0.00000256. The molecule has 0 amide bonds. The summed E-state index contributed by atoms with van der Waals surface area (Å²) in [5.74, 6) is -1.21. The van der Waals surface area contributed by atoms with Crippen molar-refractivity contribution in [3.63, 3.8) is 0 Å². The molecule has 0 aliphatic heterocycles. The second-order valence-electron chi connectivity index (χ2n) is 4.29. The van der Waals surface area contributed by atoms with Gasteiger partial charge in [-0.2, -0.15) is 0 Å². The minimum Gasteiger partial charge on any atom is -0.481 e. The van der Waals surface area contributed by atoms with Crippen molar-refractivity contribution in [1.29, 1.82) is 0 Å². The Bertz CT molecular complexity index is 389. The van der Waals surface area contributed by atoms with Crippen LogP contribution >= 0.6 is 0 Å². The molecule has 2 nitrogen and oxygen atoms in total. The summed E-state index contributed by atoms with van der Waals surface area (Å²) in [7, 11) is 0. The van der Waals surface area contributed by atoms with Crippen molar-refractivity contribution >= 4 is 35.5 Å². The van der Waals surface area contributed by atoms with Gasteiger partial charge in [0.25, 0.3) is 0 Å². The van der Waals surface area contributed by atoms with Gasteiger partial charge in [-0.3, -0.25) is 4.79 Å². The van der Waals surface area contributed by atoms with E-state index in [1.165, 1.54) is 11.1 Å². The van der Waals surface area contributed by atoms with Gasteiger partial charge in [-0.1, -0.05) is 35.9 Å². The first-order valence-electron chi connectivity index (χ1n) is 5.45. The van der Waals surface area contributed by atoms with Gasteiger partial charge < -0.3 is 5.11 Å². The summed E-state index contributed by atoms with van der Waals surface area (Å²) in [4.78, 5) is 10.8. The number of hydrogen-bond acceptors (Lipinski definition) is 1. The largest absolute Gasteiger partial charge is 0.481 e. The first-order chi connectivity index (χ1) is 7.50. The van der Waals surface area contributed by atoms with Crippen molar-refractivity contribution in [3.05, 3.63) is 47.0 Å². The van der Waals surface area contributed by atoms with Crippen LogP contribution in [0.4, 0.5) is 0 Å². The predicted octanol–water partition coefficient (Wildman–Crippen LogP) is 3.00. The Morgan fingerprint density at radius 3 is 2.24 bits per heavy atom. The molecule has 1 rings (SSSR count). The molecule has 1 N–H and O–H groups in total. The van der Waals surface area contributed by atoms with E-state index in [1.54, 1.807) is 6.92 Å². The summed E-state index contributed by atoms with van der Waals surface area (Å²) in [6.07, 6.45) is 3.07. The molecule has 87 valence electrons. The molecule has 0 spiro atoms. The Hall–Kier alpha value is -0.570. The first-order valence-corrected chi connectivity index (χ1v) is 5.45. The van der Waals surface area contributed by atoms with Crippen LogP contribution in [0.25, 0.3) is 0 Å². The number of rotatable bonds is 4. The average molecular weight is 241 g/mol. The molecule has 1 unspecified atom stereocenters. The topological polar surface area (TPSA) is 37.3 Å². The van der Waals surface area contributed by atoms with Gasteiger partial charge in [0.1, 0.15) is 0 Å². The molecular formula is C14H18NaO2. The molecule has 0 heterocycles. The number of aliphatic carboxylic acids is 1. The molecule has 0 bridgehead atoms. The van der Waals surface area contributed by atoms with Crippen molar-refractivity contribution in [2.45, 2.75) is 33.1 Å². The van der Waals surface area contributed by atoms with Crippen molar-refractivity contribution < 1.29 is 9.90 Å². The standard InChI is InChI=1S/C14H18O2.Na/c1-10(2)4-5-12-6-8-13(9-7-12)11(3)14(15)16;/h4,6-9,11H,5H2,1-3H3,(H,15,16);. The van der Waals surface area contributed by atoms with Gasteiger partial charge in [-0.25, -0.2) is 0 Å². The van der Waals surface area contributed by atoms with Crippen molar-refractivity contribution in [3.8, 4) is 0 Å². The van der Waals surface area contributed by atoms with Crippen LogP contribution in [0.1, 0.15) is 37.8 Å². The van der Waals surface area contributed by atoms with Crippen LogP contribution in [0.5, 0.6) is 0 Å². The van der Waals surface area contributed by atoms with E-state index < -0.39 is 11.9 Å². The second-order valence-corrected chi connectivity index (χ2v) is 4.29. The van der Waals surface area contributed by atoms with E-state index in [-0.39, 0.29) is 29.6 Å². The first kappa shape index (κ1) is 16.4. The third kappa shape index (κ3) is 5.53. The molecule has 1 aromatic rings. The van der Waals surface area contributed by atoms with Crippen LogP contribution in [0.3, 0.4) is 0 Å². The number of hydrogen-bond donors (Lipinski definition) is 1. The quantitative estimate of drug-likeness (QED) is 0.650.